The van der Waals surface area contributed by atoms with E-state index in [1.165, 1.54) is 6.08 Å². The van der Waals surface area contributed by atoms with Gasteiger partial charge in [0.25, 0.3) is 0 Å². The molecule has 2 aromatic rings. The van der Waals surface area contributed by atoms with Gasteiger partial charge in [0.1, 0.15) is 0 Å². The molecule has 0 radical (unpaired) electrons. The first-order valence-electron chi connectivity index (χ1n) is 11.1. The smallest absolute Gasteiger partial charge is 0.238 e. The maximum Gasteiger partial charge on any atom is 0.238 e. The Balaban J connectivity index is 1.63. The predicted molar refractivity (Wildman–Crippen MR) is 132 cm³/mol. The zero-order valence-corrected chi connectivity index (χ0v) is 20.3. The molecule has 3 rings (SSSR count). The van der Waals surface area contributed by atoms with Gasteiger partial charge in [-0.2, -0.15) is 0 Å². The van der Waals surface area contributed by atoms with Crippen molar-refractivity contribution < 1.29 is 17.9 Å². The number of ether oxygens (including phenoxy) is 1. The molecule has 0 spiro atoms. The number of aryl methyl sites for hydroxylation is 1. The van der Waals surface area contributed by atoms with Gasteiger partial charge in [-0.1, -0.05) is 42.0 Å². The van der Waals surface area contributed by atoms with Crippen molar-refractivity contribution in [1.29, 1.82) is 0 Å². The van der Waals surface area contributed by atoms with E-state index in [-0.39, 0.29) is 18.6 Å². The molecule has 7 nitrogen and oxygen atoms in total. The van der Waals surface area contributed by atoms with Crippen LogP contribution in [-0.2, 0) is 26.1 Å². The maximum atomic E-state index is 13.0. The van der Waals surface area contributed by atoms with Crippen LogP contribution in [0.5, 0.6) is 0 Å². The third-order valence-electron chi connectivity index (χ3n) is 5.57. The number of amides is 1. The number of hydrogen-bond acceptors (Lipinski definition) is 5. The molecular weight excluding hydrogens is 438 g/mol. The van der Waals surface area contributed by atoms with Crippen molar-refractivity contribution in [2.75, 3.05) is 38.7 Å². The van der Waals surface area contributed by atoms with Crippen LogP contribution in [0, 0.1) is 6.92 Å². The number of sulfonamides is 1. The van der Waals surface area contributed by atoms with Crippen LogP contribution in [0.15, 0.2) is 53.9 Å². The van der Waals surface area contributed by atoms with E-state index in [0.29, 0.717) is 19.7 Å². The lowest BCUT2D eigenvalue weighted by Crippen LogP contribution is -2.42. The average molecular weight is 472 g/mol. The van der Waals surface area contributed by atoms with Crippen LogP contribution < -0.4 is 9.62 Å². The van der Waals surface area contributed by atoms with E-state index >= 15 is 0 Å². The summed E-state index contributed by atoms with van der Waals surface area (Å²) in [5.41, 5.74) is 3.93. The summed E-state index contributed by atoms with van der Waals surface area (Å²) >= 11 is 0. The van der Waals surface area contributed by atoms with Gasteiger partial charge in [-0.25, -0.2) is 13.1 Å². The molecule has 1 heterocycles. The van der Waals surface area contributed by atoms with Crippen molar-refractivity contribution in [2.24, 2.45) is 0 Å². The molecule has 1 saturated heterocycles. The quantitative estimate of drug-likeness (QED) is 0.576. The molecule has 33 heavy (non-hydrogen) atoms. The Morgan fingerprint density at radius 2 is 1.82 bits per heavy atom. The van der Waals surface area contributed by atoms with Crippen LogP contribution in [0.1, 0.15) is 29.5 Å². The fraction of sp³-hybridized carbons (Fsp3) is 0.400. The van der Waals surface area contributed by atoms with Crippen molar-refractivity contribution in [3.8, 4) is 0 Å². The van der Waals surface area contributed by atoms with E-state index < -0.39 is 10.0 Å². The van der Waals surface area contributed by atoms with Crippen molar-refractivity contribution in [3.05, 3.63) is 70.6 Å². The Bertz CT molecular complexity index is 1040. The summed E-state index contributed by atoms with van der Waals surface area (Å²) in [6, 6.07) is 15.5. The number of benzene rings is 2. The number of carbonyl (C=O) groups is 1. The number of rotatable bonds is 10. The Morgan fingerprint density at radius 1 is 1.12 bits per heavy atom. The molecule has 1 aliphatic heterocycles. The molecule has 0 bridgehead atoms. The Kier molecular flexibility index (Phi) is 8.66. The van der Waals surface area contributed by atoms with Crippen LogP contribution in [-0.4, -0.2) is 59.1 Å². The van der Waals surface area contributed by atoms with Gasteiger partial charge >= 0.3 is 0 Å². The molecule has 1 aliphatic rings. The van der Waals surface area contributed by atoms with Crippen molar-refractivity contribution in [3.63, 3.8) is 0 Å². The molecule has 1 atom stereocenters. The first-order chi connectivity index (χ1) is 15.7. The minimum Gasteiger partial charge on any atom is -0.378 e. The van der Waals surface area contributed by atoms with Crippen LogP contribution in [0.25, 0.3) is 6.08 Å². The molecule has 8 heteroatoms. The van der Waals surface area contributed by atoms with Gasteiger partial charge in [-0.05, 0) is 49.1 Å². The number of anilines is 1. The van der Waals surface area contributed by atoms with Crippen molar-refractivity contribution in [1.82, 2.24) is 9.62 Å². The Hall–Kier alpha value is -2.68. The monoisotopic (exact) mass is 471 g/mol. The van der Waals surface area contributed by atoms with E-state index in [0.717, 1.165) is 40.6 Å². The first-order valence-corrected chi connectivity index (χ1v) is 12.7. The van der Waals surface area contributed by atoms with Crippen LogP contribution >= 0.6 is 0 Å². The Labute approximate surface area is 197 Å². The fourth-order valence-electron chi connectivity index (χ4n) is 3.58. The highest BCUT2D eigenvalue weighted by molar-refractivity contribution is 7.92. The molecule has 1 unspecified atom stereocenters. The number of carbonyl (C=O) groups excluding carboxylic acids is 1. The summed E-state index contributed by atoms with van der Waals surface area (Å²) in [6.07, 6.45) is 3.37. The SMILES string of the molecule is Cc1ccc(/C=C/S(=O)(=O)NCC(=O)N(Cc2ccc(N(C)C)cc2)CC2CCCO2)cc1. The van der Waals surface area contributed by atoms with Crippen LogP contribution in [0.2, 0.25) is 0 Å². The van der Waals surface area contributed by atoms with E-state index in [9.17, 15) is 13.2 Å². The summed E-state index contributed by atoms with van der Waals surface area (Å²) < 4.78 is 32.9. The van der Waals surface area contributed by atoms with Crippen LogP contribution in [0.3, 0.4) is 0 Å². The van der Waals surface area contributed by atoms with Crippen molar-refractivity contribution >= 4 is 27.7 Å². The maximum absolute atomic E-state index is 13.0. The standard InChI is InChI=1S/C25H33N3O4S/c1-20-6-8-21(9-7-20)14-16-33(30,31)26-17-25(29)28(19-24-5-4-15-32-24)18-22-10-12-23(13-11-22)27(2)3/h6-14,16,24,26H,4-5,15,17-19H2,1-3H3/b16-14+. The lowest BCUT2D eigenvalue weighted by molar-refractivity contribution is -0.132. The average Bonchev–Trinajstić information content (AvgIpc) is 3.30. The highest BCUT2D eigenvalue weighted by atomic mass is 32.2. The molecule has 0 aliphatic carbocycles. The van der Waals surface area contributed by atoms with Gasteiger partial charge in [0, 0.05) is 44.9 Å². The van der Waals surface area contributed by atoms with Gasteiger partial charge in [0.15, 0.2) is 0 Å². The van der Waals surface area contributed by atoms with E-state index in [2.05, 4.69) is 4.72 Å². The molecular formula is C25H33N3O4S. The number of hydrogen-bond donors (Lipinski definition) is 1. The van der Waals surface area contributed by atoms with Gasteiger partial charge < -0.3 is 14.5 Å². The largest absolute Gasteiger partial charge is 0.378 e. The molecule has 178 valence electrons. The summed E-state index contributed by atoms with van der Waals surface area (Å²) in [4.78, 5) is 16.7. The zero-order valence-electron chi connectivity index (χ0n) is 19.5. The minimum atomic E-state index is -3.75. The fourth-order valence-corrected chi connectivity index (χ4v) is 4.33. The zero-order chi connectivity index (χ0) is 23.8. The highest BCUT2D eigenvalue weighted by Gasteiger charge is 2.23. The third kappa shape index (κ3) is 7.99. The van der Waals surface area contributed by atoms with E-state index in [4.69, 9.17) is 4.74 Å². The number of nitrogens with one attached hydrogen (secondary N) is 1. The highest BCUT2D eigenvalue weighted by Crippen LogP contribution is 2.17. The molecule has 0 aromatic heterocycles. The van der Waals surface area contributed by atoms with Gasteiger partial charge in [0.05, 0.1) is 12.6 Å². The van der Waals surface area contributed by atoms with Gasteiger partial charge in [-0.3, -0.25) is 4.79 Å². The summed E-state index contributed by atoms with van der Waals surface area (Å²) in [5, 5.41) is 1.09. The van der Waals surface area contributed by atoms with E-state index in [1.54, 1.807) is 4.90 Å². The second-order valence-electron chi connectivity index (χ2n) is 8.55. The summed E-state index contributed by atoms with van der Waals surface area (Å²) in [6.45, 7) is 3.20. The van der Waals surface area contributed by atoms with Crippen molar-refractivity contribution in [2.45, 2.75) is 32.4 Å². The summed E-state index contributed by atoms with van der Waals surface area (Å²) in [7, 11) is 0.199. The molecule has 0 saturated carbocycles. The second-order valence-corrected chi connectivity index (χ2v) is 10.2. The van der Waals surface area contributed by atoms with E-state index in [1.807, 2.05) is 74.4 Å². The normalized spacial score (nSPS) is 16.3. The van der Waals surface area contributed by atoms with Crippen LogP contribution in [0.4, 0.5) is 5.69 Å². The molecule has 2 aromatic carbocycles. The second kappa shape index (κ2) is 11.4. The minimum absolute atomic E-state index is 0.0203. The Morgan fingerprint density at radius 3 is 2.42 bits per heavy atom. The molecule has 1 fully saturated rings. The lowest BCUT2D eigenvalue weighted by Gasteiger charge is -2.26. The topological polar surface area (TPSA) is 79.0 Å². The molecule has 1 amide bonds. The lowest BCUT2D eigenvalue weighted by atomic mass is 10.1. The molecule has 1 N–H and O–H groups in total. The number of nitrogens with zero attached hydrogens (tertiary/aromatic N) is 2. The predicted octanol–water partition coefficient (Wildman–Crippen LogP) is 3.16. The first kappa shape index (κ1) is 25.0. The third-order valence-corrected chi connectivity index (χ3v) is 6.61. The van der Waals surface area contributed by atoms with Gasteiger partial charge in [0.2, 0.25) is 15.9 Å². The summed E-state index contributed by atoms with van der Waals surface area (Å²) in [5.74, 6) is -0.283. The van der Waals surface area contributed by atoms with Gasteiger partial charge in [-0.15, -0.1) is 0 Å².